The Morgan fingerprint density at radius 3 is 2.95 bits per heavy atom. The summed E-state index contributed by atoms with van der Waals surface area (Å²) in [6.45, 7) is 2.86. The summed E-state index contributed by atoms with van der Waals surface area (Å²) in [6, 6.07) is 4.54. The first-order valence-corrected chi connectivity index (χ1v) is 7.25. The summed E-state index contributed by atoms with van der Waals surface area (Å²) in [5.74, 6) is 0.332. The summed E-state index contributed by atoms with van der Waals surface area (Å²) >= 11 is 0. The maximum absolute atomic E-state index is 13.8. The van der Waals surface area contributed by atoms with Gasteiger partial charge in [-0.15, -0.1) is 0 Å². The number of amidine groups is 1. The molecule has 1 aromatic carbocycles. The molecule has 1 saturated carbocycles. The van der Waals surface area contributed by atoms with Crippen molar-refractivity contribution in [1.29, 1.82) is 0 Å². The topological polar surface area (TPSA) is 79.9 Å². The van der Waals surface area contributed by atoms with E-state index in [1.54, 1.807) is 12.1 Å². The smallest absolute Gasteiger partial charge is 0.170 e. The van der Waals surface area contributed by atoms with Crippen LogP contribution in [0.4, 0.5) is 4.39 Å². The Bertz CT molecular complexity index is 490. The van der Waals surface area contributed by atoms with E-state index < -0.39 is 0 Å². The predicted molar refractivity (Wildman–Crippen MR) is 78.8 cm³/mol. The first-order valence-electron chi connectivity index (χ1n) is 7.25. The molecule has 0 heterocycles. The van der Waals surface area contributed by atoms with Crippen LogP contribution in [0, 0.1) is 11.7 Å². The lowest BCUT2D eigenvalue weighted by Crippen LogP contribution is -2.18. The monoisotopic (exact) mass is 295 g/mol. The largest absolute Gasteiger partial charge is 0.409 e. The van der Waals surface area contributed by atoms with E-state index in [0.29, 0.717) is 17.7 Å². The first kappa shape index (κ1) is 15.7. The van der Waals surface area contributed by atoms with Crippen LogP contribution in [-0.2, 0) is 11.3 Å². The molecule has 21 heavy (non-hydrogen) atoms. The van der Waals surface area contributed by atoms with Crippen molar-refractivity contribution in [2.45, 2.75) is 25.8 Å². The molecule has 0 unspecified atom stereocenters. The third kappa shape index (κ3) is 5.32. The molecule has 0 atom stereocenters. The number of nitrogens with one attached hydrogen (secondary N) is 1. The van der Waals surface area contributed by atoms with Crippen LogP contribution in [-0.4, -0.2) is 30.8 Å². The van der Waals surface area contributed by atoms with Crippen molar-refractivity contribution < 1.29 is 14.3 Å². The van der Waals surface area contributed by atoms with Crippen LogP contribution in [0.2, 0.25) is 0 Å². The zero-order chi connectivity index (χ0) is 15.1. The van der Waals surface area contributed by atoms with Crippen LogP contribution < -0.4 is 11.1 Å². The number of nitrogens with two attached hydrogens (primary N) is 1. The van der Waals surface area contributed by atoms with Crippen LogP contribution in [0.15, 0.2) is 23.4 Å². The molecule has 0 bridgehead atoms. The quantitative estimate of drug-likeness (QED) is 0.213. The number of rotatable bonds is 9. The lowest BCUT2D eigenvalue weighted by atomic mass is 10.1. The van der Waals surface area contributed by atoms with Gasteiger partial charge in [-0.2, -0.15) is 0 Å². The second kappa shape index (κ2) is 7.95. The highest BCUT2D eigenvalue weighted by Gasteiger charge is 2.20. The Kier molecular flexibility index (Phi) is 5.95. The maximum Gasteiger partial charge on any atom is 0.170 e. The molecule has 1 aromatic rings. The molecular formula is C15H22FN3O2. The van der Waals surface area contributed by atoms with E-state index in [4.69, 9.17) is 15.7 Å². The molecule has 0 amide bonds. The fourth-order valence-corrected chi connectivity index (χ4v) is 1.96. The minimum absolute atomic E-state index is 0.0961. The molecule has 6 heteroatoms. The molecule has 0 radical (unpaired) electrons. The Hall–Kier alpha value is -1.66. The summed E-state index contributed by atoms with van der Waals surface area (Å²) in [6.07, 6.45) is 3.52. The highest BCUT2D eigenvalue weighted by atomic mass is 19.1. The Morgan fingerprint density at radius 1 is 1.48 bits per heavy atom. The van der Waals surface area contributed by atoms with Gasteiger partial charge in [-0.3, -0.25) is 0 Å². The van der Waals surface area contributed by atoms with Crippen molar-refractivity contribution in [2.75, 3.05) is 19.8 Å². The van der Waals surface area contributed by atoms with Crippen molar-refractivity contribution >= 4 is 5.84 Å². The number of hydrogen-bond donors (Lipinski definition) is 3. The lowest BCUT2D eigenvalue weighted by molar-refractivity contribution is 0.122. The van der Waals surface area contributed by atoms with Gasteiger partial charge in [-0.25, -0.2) is 4.39 Å². The second-order valence-corrected chi connectivity index (χ2v) is 5.34. The van der Waals surface area contributed by atoms with Crippen molar-refractivity contribution in [1.82, 2.24) is 5.32 Å². The minimum atomic E-state index is -0.364. The van der Waals surface area contributed by atoms with Gasteiger partial charge >= 0.3 is 0 Å². The van der Waals surface area contributed by atoms with Crippen molar-refractivity contribution in [3.63, 3.8) is 0 Å². The third-order valence-electron chi connectivity index (χ3n) is 3.46. The molecule has 0 aromatic heterocycles. The summed E-state index contributed by atoms with van der Waals surface area (Å²) in [7, 11) is 0. The van der Waals surface area contributed by atoms with Gasteiger partial charge in [0.25, 0.3) is 0 Å². The first-order chi connectivity index (χ1) is 10.2. The van der Waals surface area contributed by atoms with Crippen LogP contribution in [0.3, 0.4) is 0 Å². The highest BCUT2D eigenvalue weighted by molar-refractivity contribution is 5.97. The normalized spacial score (nSPS) is 15.4. The lowest BCUT2D eigenvalue weighted by Gasteiger charge is -2.08. The molecule has 1 fully saturated rings. The molecular weight excluding hydrogens is 273 g/mol. The number of nitrogens with zero attached hydrogens (tertiary/aromatic N) is 1. The molecule has 1 aliphatic carbocycles. The maximum atomic E-state index is 13.8. The van der Waals surface area contributed by atoms with E-state index >= 15 is 0 Å². The van der Waals surface area contributed by atoms with Gasteiger partial charge in [-0.05, 0) is 37.8 Å². The standard InChI is InChI=1S/C15H22FN3O2/c16-14-8-12(15(17)19-20)4-5-13(14)9-18-6-1-7-21-10-11-2-3-11/h4-5,8,11,18,20H,1-3,6-7,9-10H2,(H2,17,19). The molecule has 1 aliphatic rings. The van der Waals surface area contributed by atoms with Crippen LogP contribution in [0.25, 0.3) is 0 Å². The Morgan fingerprint density at radius 2 is 2.29 bits per heavy atom. The van der Waals surface area contributed by atoms with Gasteiger partial charge in [0.2, 0.25) is 0 Å². The van der Waals surface area contributed by atoms with E-state index in [2.05, 4.69) is 10.5 Å². The second-order valence-electron chi connectivity index (χ2n) is 5.34. The van der Waals surface area contributed by atoms with Gasteiger partial charge < -0.3 is 21.0 Å². The highest BCUT2D eigenvalue weighted by Crippen LogP contribution is 2.28. The minimum Gasteiger partial charge on any atom is -0.409 e. The number of ether oxygens (including phenoxy) is 1. The average molecular weight is 295 g/mol. The summed E-state index contributed by atoms with van der Waals surface area (Å²) in [5.41, 5.74) is 6.34. The van der Waals surface area contributed by atoms with Crippen molar-refractivity contribution in [3.8, 4) is 0 Å². The fraction of sp³-hybridized carbons (Fsp3) is 0.533. The van der Waals surface area contributed by atoms with Gasteiger partial charge in [0.15, 0.2) is 5.84 Å². The number of benzene rings is 1. The van der Waals surface area contributed by atoms with E-state index in [1.165, 1.54) is 18.9 Å². The zero-order valence-electron chi connectivity index (χ0n) is 12.0. The zero-order valence-corrected chi connectivity index (χ0v) is 12.0. The summed E-state index contributed by atoms with van der Waals surface area (Å²) in [4.78, 5) is 0. The average Bonchev–Trinajstić information content (AvgIpc) is 3.31. The molecule has 116 valence electrons. The van der Waals surface area contributed by atoms with E-state index in [-0.39, 0.29) is 11.7 Å². The molecule has 2 rings (SSSR count). The van der Waals surface area contributed by atoms with E-state index in [0.717, 1.165) is 32.1 Å². The molecule has 0 spiro atoms. The van der Waals surface area contributed by atoms with E-state index in [9.17, 15) is 4.39 Å². The molecule has 4 N–H and O–H groups in total. The van der Waals surface area contributed by atoms with Crippen molar-refractivity contribution in [3.05, 3.63) is 35.1 Å². The van der Waals surface area contributed by atoms with Gasteiger partial charge in [0, 0.05) is 30.9 Å². The van der Waals surface area contributed by atoms with Crippen LogP contribution in [0.1, 0.15) is 30.4 Å². The summed E-state index contributed by atoms with van der Waals surface area (Å²) < 4.78 is 19.3. The van der Waals surface area contributed by atoms with Gasteiger partial charge in [-0.1, -0.05) is 17.3 Å². The summed E-state index contributed by atoms with van der Waals surface area (Å²) in [5, 5.41) is 14.6. The number of hydrogen-bond acceptors (Lipinski definition) is 4. The number of oxime groups is 1. The molecule has 0 saturated heterocycles. The predicted octanol–water partition coefficient (Wildman–Crippen LogP) is 1.83. The van der Waals surface area contributed by atoms with E-state index in [1.807, 2.05) is 0 Å². The molecule has 5 nitrogen and oxygen atoms in total. The van der Waals surface area contributed by atoms with Crippen LogP contribution >= 0.6 is 0 Å². The van der Waals surface area contributed by atoms with Crippen molar-refractivity contribution in [2.24, 2.45) is 16.8 Å². The van der Waals surface area contributed by atoms with Gasteiger partial charge in [0.1, 0.15) is 5.82 Å². The SMILES string of the molecule is N/C(=N/O)c1ccc(CNCCCOCC2CC2)c(F)c1. The van der Waals surface area contributed by atoms with Gasteiger partial charge in [0.05, 0.1) is 0 Å². The van der Waals surface area contributed by atoms with Crippen LogP contribution in [0.5, 0.6) is 0 Å². The number of halogens is 1. The fourth-order valence-electron chi connectivity index (χ4n) is 1.96. The molecule has 0 aliphatic heterocycles. The third-order valence-corrected chi connectivity index (χ3v) is 3.46. The Labute approximate surface area is 124 Å². The Balaban J connectivity index is 1.65.